The summed E-state index contributed by atoms with van der Waals surface area (Å²) in [6, 6.07) is 0. The van der Waals surface area contributed by atoms with Crippen LogP contribution in [0.4, 0.5) is 13.2 Å². The van der Waals surface area contributed by atoms with E-state index in [9.17, 15) is 23.1 Å². The number of nitrogens with zero attached hydrogens (tertiary/aromatic N) is 1. The monoisotopic (exact) mass is 282 g/mol. The Balaban J connectivity index is 2.67. The van der Waals surface area contributed by atoms with Crippen LogP contribution in [0.3, 0.4) is 0 Å². The molecule has 0 amide bonds. The number of halogens is 3. The molecule has 2 unspecified atom stereocenters. The van der Waals surface area contributed by atoms with Gasteiger partial charge in [-0.2, -0.15) is 13.2 Å². The van der Waals surface area contributed by atoms with Gasteiger partial charge in [-0.3, -0.25) is 4.79 Å². The molecule has 1 fully saturated rings. The van der Waals surface area contributed by atoms with Crippen molar-refractivity contribution >= 4 is 5.97 Å². The molecule has 0 saturated carbocycles. The lowest BCUT2D eigenvalue weighted by Gasteiger charge is -2.38. The Hall–Kier alpha value is -0.820. The van der Waals surface area contributed by atoms with Gasteiger partial charge in [0.2, 0.25) is 0 Å². The Bertz CT molecular complexity index is 323. The van der Waals surface area contributed by atoms with Crippen molar-refractivity contribution in [2.24, 2.45) is 5.92 Å². The van der Waals surface area contributed by atoms with E-state index in [1.165, 1.54) is 6.92 Å². The van der Waals surface area contributed by atoms with Crippen molar-refractivity contribution in [1.29, 1.82) is 0 Å². The van der Waals surface area contributed by atoms with Gasteiger partial charge in [-0.25, -0.2) is 0 Å². The van der Waals surface area contributed by atoms with Crippen molar-refractivity contribution in [2.75, 3.05) is 26.2 Å². The summed E-state index contributed by atoms with van der Waals surface area (Å²) in [6.07, 6.45) is -3.62. The number of alkyl halides is 3. The van der Waals surface area contributed by atoms with E-state index in [0.29, 0.717) is 19.5 Å². The number of aliphatic carboxylic acids is 1. The van der Waals surface area contributed by atoms with Crippen LogP contribution in [0.1, 0.15) is 26.7 Å². The molecule has 0 aromatic carbocycles. The highest BCUT2D eigenvalue weighted by Crippen LogP contribution is 2.33. The number of carboxylic acid groups (broad SMARTS) is 1. The molecule has 7 heteroatoms. The van der Waals surface area contributed by atoms with Crippen LogP contribution in [0.2, 0.25) is 0 Å². The number of likely N-dealkylation sites (tertiary alicyclic amines) is 1. The van der Waals surface area contributed by atoms with Crippen molar-refractivity contribution in [3.05, 3.63) is 0 Å². The molecule has 0 spiro atoms. The lowest BCUT2D eigenvalue weighted by Crippen LogP contribution is -2.58. The molecular formula is C12H21F3N2O2. The predicted molar refractivity (Wildman–Crippen MR) is 64.9 cm³/mol. The molecule has 112 valence electrons. The van der Waals surface area contributed by atoms with Crippen molar-refractivity contribution in [1.82, 2.24) is 10.2 Å². The summed E-state index contributed by atoms with van der Waals surface area (Å²) < 4.78 is 38.1. The normalized spacial score (nSPS) is 25.0. The molecule has 0 aromatic rings. The molecule has 4 nitrogen and oxygen atoms in total. The highest BCUT2D eigenvalue weighted by atomic mass is 19.4. The minimum atomic E-state index is -4.20. The Morgan fingerprint density at radius 1 is 1.47 bits per heavy atom. The highest BCUT2D eigenvalue weighted by molar-refractivity contribution is 5.78. The summed E-state index contributed by atoms with van der Waals surface area (Å²) in [6.45, 7) is 4.23. The third-order valence-electron chi connectivity index (χ3n) is 3.55. The first-order valence-corrected chi connectivity index (χ1v) is 6.46. The highest BCUT2D eigenvalue weighted by Gasteiger charge is 2.43. The maximum atomic E-state index is 12.7. The van der Waals surface area contributed by atoms with Crippen LogP contribution in [0.5, 0.6) is 0 Å². The number of carboxylic acids is 1. The van der Waals surface area contributed by atoms with E-state index in [1.807, 2.05) is 0 Å². The van der Waals surface area contributed by atoms with Crippen molar-refractivity contribution in [3.63, 3.8) is 0 Å². The van der Waals surface area contributed by atoms with Crippen LogP contribution in [-0.4, -0.2) is 53.9 Å². The average Bonchev–Trinajstić information content (AvgIpc) is 2.28. The first-order valence-electron chi connectivity index (χ1n) is 6.46. The second-order valence-electron chi connectivity index (χ2n) is 5.28. The van der Waals surface area contributed by atoms with Gasteiger partial charge in [0.25, 0.3) is 0 Å². The molecule has 19 heavy (non-hydrogen) atoms. The summed E-state index contributed by atoms with van der Waals surface area (Å²) >= 11 is 0. The zero-order valence-electron chi connectivity index (χ0n) is 11.3. The van der Waals surface area contributed by atoms with E-state index < -0.39 is 23.6 Å². The fourth-order valence-electron chi connectivity index (χ4n) is 2.50. The predicted octanol–water partition coefficient (Wildman–Crippen LogP) is 1.71. The fraction of sp³-hybridized carbons (Fsp3) is 0.917. The van der Waals surface area contributed by atoms with Crippen LogP contribution in [0.25, 0.3) is 0 Å². The van der Waals surface area contributed by atoms with Gasteiger partial charge in [0, 0.05) is 13.1 Å². The van der Waals surface area contributed by atoms with Crippen molar-refractivity contribution < 1.29 is 23.1 Å². The largest absolute Gasteiger partial charge is 0.480 e. The Morgan fingerprint density at radius 3 is 2.58 bits per heavy atom. The molecule has 1 heterocycles. The average molecular weight is 282 g/mol. The quantitative estimate of drug-likeness (QED) is 0.806. The lowest BCUT2D eigenvalue weighted by atomic mass is 9.94. The second kappa shape index (κ2) is 6.09. The van der Waals surface area contributed by atoms with Gasteiger partial charge in [-0.1, -0.05) is 6.92 Å². The van der Waals surface area contributed by atoms with Gasteiger partial charge < -0.3 is 15.3 Å². The number of nitrogens with one attached hydrogen (secondary N) is 1. The van der Waals surface area contributed by atoms with E-state index in [2.05, 4.69) is 5.32 Å². The van der Waals surface area contributed by atoms with E-state index >= 15 is 0 Å². The number of likely N-dealkylation sites (N-methyl/N-ethyl adjacent to an activating group) is 1. The second-order valence-corrected chi connectivity index (χ2v) is 5.28. The SMILES string of the molecule is CCNC(C)(CN1CCCC(C(F)(F)F)C1)C(=O)O. The Labute approximate surface area is 111 Å². The maximum absolute atomic E-state index is 12.7. The van der Waals surface area contributed by atoms with Gasteiger partial charge in [-0.05, 0) is 32.9 Å². The zero-order valence-corrected chi connectivity index (χ0v) is 11.3. The maximum Gasteiger partial charge on any atom is 0.393 e. The molecule has 1 aliphatic heterocycles. The van der Waals surface area contributed by atoms with Crippen molar-refractivity contribution in [2.45, 2.75) is 38.4 Å². The van der Waals surface area contributed by atoms with Gasteiger partial charge in [0.15, 0.2) is 0 Å². The summed E-state index contributed by atoms with van der Waals surface area (Å²) in [7, 11) is 0. The summed E-state index contributed by atoms with van der Waals surface area (Å²) in [5, 5.41) is 12.0. The molecule has 0 radical (unpaired) electrons. The molecular weight excluding hydrogens is 261 g/mol. The molecule has 2 N–H and O–H groups in total. The molecule has 2 atom stereocenters. The number of piperidine rings is 1. The fourth-order valence-corrected chi connectivity index (χ4v) is 2.50. The van der Waals surface area contributed by atoms with Gasteiger partial charge in [-0.15, -0.1) is 0 Å². The van der Waals surface area contributed by atoms with E-state index in [1.54, 1.807) is 11.8 Å². The molecule has 1 rings (SSSR count). The smallest absolute Gasteiger partial charge is 0.393 e. The first-order chi connectivity index (χ1) is 8.69. The number of carbonyl (C=O) groups is 1. The molecule has 0 aliphatic carbocycles. The van der Waals surface area contributed by atoms with E-state index in [-0.39, 0.29) is 19.5 Å². The minimum Gasteiger partial charge on any atom is -0.480 e. The molecule has 0 bridgehead atoms. The lowest BCUT2D eigenvalue weighted by molar-refractivity contribution is -0.187. The third kappa shape index (κ3) is 4.35. The molecule has 0 aromatic heterocycles. The van der Waals surface area contributed by atoms with Crippen LogP contribution in [0, 0.1) is 5.92 Å². The number of hydrogen-bond donors (Lipinski definition) is 2. The van der Waals surface area contributed by atoms with Crippen LogP contribution < -0.4 is 5.32 Å². The summed E-state index contributed by atoms with van der Waals surface area (Å²) in [4.78, 5) is 12.8. The molecule has 1 saturated heterocycles. The topological polar surface area (TPSA) is 52.6 Å². The summed E-state index contributed by atoms with van der Waals surface area (Å²) in [5.74, 6) is -2.38. The van der Waals surface area contributed by atoms with E-state index in [0.717, 1.165) is 0 Å². The third-order valence-corrected chi connectivity index (χ3v) is 3.55. The van der Waals surface area contributed by atoms with E-state index in [4.69, 9.17) is 0 Å². The minimum absolute atomic E-state index is 0.0861. The Kier molecular flexibility index (Phi) is 5.20. The van der Waals surface area contributed by atoms with Gasteiger partial charge in [0.05, 0.1) is 5.92 Å². The standard InChI is InChI=1S/C12H21F3N2O2/c1-3-16-11(2,10(18)19)8-17-6-4-5-9(7-17)12(13,14)15/h9,16H,3-8H2,1-2H3,(H,18,19). The van der Waals surface area contributed by atoms with Crippen LogP contribution in [0.15, 0.2) is 0 Å². The zero-order chi connectivity index (χ0) is 14.7. The molecule has 1 aliphatic rings. The number of hydrogen-bond acceptors (Lipinski definition) is 3. The van der Waals surface area contributed by atoms with Crippen LogP contribution in [-0.2, 0) is 4.79 Å². The first kappa shape index (κ1) is 16.2. The van der Waals surface area contributed by atoms with Crippen molar-refractivity contribution in [3.8, 4) is 0 Å². The van der Waals surface area contributed by atoms with Gasteiger partial charge in [0.1, 0.15) is 5.54 Å². The summed E-state index contributed by atoms with van der Waals surface area (Å²) in [5.41, 5.74) is -1.21. The van der Waals surface area contributed by atoms with Gasteiger partial charge >= 0.3 is 12.1 Å². The Morgan fingerprint density at radius 2 is 2.11 bits per heavy atom. The van der Waals surface area contributed by atoms with Crippen LogP contribution >= 0.6 is 0 Å². The number of rotatable bonds is 5.